The number of carbonyl (C=O) groups excluding carboxylic acids is 1. The van der Waals surface area contributed by atoms with Gasteiger partial charge in [-0.3, -0.25) is 15.1 Å². The molecule has 1 unspecified atom stereocenters. The lowest BCUT2D eigenvalue weighted by Crippen LogP contribution is -2.12. The van der Waals surface area contributed by atoms with Crippen molar-refractivity contribution in [3.63, 3.8) is 0 Å². The number of non-ortho nitro benzene ring substituents is 1. The van der Waals surface area contributed by atoms with E-state index in [-0.39, 0.29) is 5.69 Å². The first-order valence-corrected chi connectivity index (χ1v) is 8.22. The lowest BCUT2D eigenvalue weighted by molar-refractivity contribution is -0.384. The molecule has 1 atom stereocenters. The molecular weight excluding hydrogens is 344 g/mol. The summed E-state index contributed by atoms with van der Waals surface area (Å²) in [6.07, 6.45) is 3.72. The molecule has 6 heteroatoms. The highest BCUT2D eigenvalue weighted by atomic mass is 16.6. The highest BCUT2D eigenvalue weighted by Gasteiger charge is 2.18. The van der Waals surface area contributed by atoms with Gasteiger partial charge in [-0.15, -0.1) is 0 Å². The van der Waals surface area contributed by atoms with E-state index in [1.165, 1.54) is 24.3 Å². The van der Waals surface area contributed by atoms with E-state index in [1.54, 1.807) is 30.5 Å². The first kappa shape index (κ1) is 18.0. The van der Waals surface area contributed by atoms with Gasteiger partial charge in [-0.05, 0) is 29.3 Å². The monoisotopic (exact) mass is 360 g/mol. The van der Waals surface area contributed by atoms with Gasteiger partial charge in [0, 0.05) is 24.4 Å². The largest absolute Gasteiger partial charge is 0.448 e. The van der Waals surface area contributed by atoms with Crippen molar-refractivity contribution in [2.24, 2.45) is 0 Å². The number of nitro benzene ring substituents is 1. The van der Waals surface area contributed by atoms with Crippen molar-refractivity contribution >= 4 is 17.7 Å². The van der Waals surface area contributed by atoms with Gasteiger partial charge in [0.05, 0.1) is 10.6 Å². The van der Waals surface area contributed by atoms with Crippen molar-refractivity contribution in [2.75, 3.05) is 0 Å². The van der Waals surface area contributed by atoms with E-state index in [0.717, 1.165) is 5.56 Å². The van der Waals surface area contributed by atoms with Gasteiger partial charge >= 0.3 is 5.97 Å². The highest BCUT2D eigenvalue weighted by molar-refractivity contribution is 5.87. The van der Waals surface area contributed by atoms with Gasteiger partial charge < -0.3 is 4.74 Å². The molecule has 6 nitrogen and oxygen atoms in total. The fourth-order valence-electron chi connectivity index (χ4n) is 2.52. The van der Waals surface area contributed by atoms with Crippen molar-refractivity contribution in [2.45, 2.75) is 6.10 Å². The number of nitro groups is 1. The summed E-state index contributed by atoms with van der Waals surface area (Å²) < 4.78 is 5.60. The van der Waals surface area contributed by atoms with Crippen molar-refractivity contribution in [1.29, 1.82) is 0 Å². The van der Waals surface area contributed by atoms with Crippen LogP contribution in [-0.2, 0) is 9.53 Å². The van der Waals surface area contributed by atoms with Gasteiger partial charge in [0.2, 0.25) is 0 Å². The summed E-state index contributed by atoms with van der Waals surface area (Å²) in [6, 6.07) is 20.7. The van der Waals surface area contributed by atoms with Crippen LogP contribution < -0.4 is 0 Å². The zero-order chi connectivity index (χ0) is 19.1. The second-order valence-electron chi connectivity index (χ2n) is 5.67. The fourth-order valence-corrected chi connectivity index (χ4v) is 2.52. The van der Waals surface area contributed by atoms with Crippen LogP contribution in [0.1, 0.15) is 22.9 Å². The summed E-state index contributed by atoms with van der Waals surface area (Å²) in [6.45, 7) is 0. The molecule has 1 aromatic heterocycles. The summed E-state index contributed by atoms with van der Waals surface area (Å²) in [5.74, 6) is -0.569. The van der Waals surface area contributed by atoms with Crippen LogP contribution >= 0.6 is 0 Å². The van der Waals surface area contributed by atoms with Crippen LogP contribution in [0.25, 0.3) is 6.08 Å². The normalized spacial score (nSPS) is 11.9. The number of rotatable bonds is 6. The molecule has 0 aliphatic heterocycles. The maximum Gasteiger partial charge on any atom is 0.331 e. The zero-order valence-electron chi connectivity index (χ0n) is 14.3. The van der Waals surface area contributed by atoms with Crippen LogP contribution in [0.5, 0.6) is 0 Å². The quantitative estimate of drug-likeness (QED) is 0.283. The average molecular weight is 360 g/mol. The fraction of sp³-hybridized carbons (Fsp3) is 0.0476. The summed E-state index contributed by atoms with van der Waals surface area (Å²) in [5.41, 5.74) is 1.91. The zero-order valence-corrected chi connectivity index (χ0v) is 14.3. The summed E-state index contributed by atoms with van der Waals surface area (Å²) in [5, 5.41) is 10.8. The Bertz CT molecular complexity index is 917. The molecule has 0 bridgehead atoms. The molecule has 0 saturated carbocycles. The number of esters is 1. The van der Waals surface area contributed by atoms with Crippen LogP contribution in [0, 0.1) is 10.1 Å². The molecule has 0 saturated heterocycles. The molecule has 134 valence electrons. The Morgan fingerprint density at radius 3 is 2.52 bits per heavy atom. The second-order valence-corrected chi connectivity index (χ2v) is 5.67. The van der Waals surface area contributed by atoms with Crippen LogP contribution in [0.15, 0.2) is 85.1 Å². The Morgan fingerprint density at radius 1 is 1.04 bits per heavy atom. The van der Waals surface area contributed by atoms with Crippen LogP contribution in [-0.4, -0.2) is 15.9 Å². The Balaban J connectivity index is 1.79. The number of carbonyl (C=O) groups is 1. The molecule has 2 aromatic carbocycles. The van der Waals surface area contributed by atoms with E-state index in [2.05, 4.69) is 4.98 Å². The summed E-state index contributed by atoms with van der Waals surface area (Å²) in [4.78, 5) is 27.0. The molecule has 1 heterocycles. The van der Waals surface area contributed by atoms with E-state index in [1.807, 2.05) is 36.4 Å². The number of pyridine rings is 1. The van der Waals surface area contributed by atoms with E-state index in [4.69, 9.17) is 4.74 Å². The summed E-state index contributed by atoms with van der Waals surface area (Å²) in [7, 11) is 0. The van der Waals surface area contributed by atoms with Gasteiger partial charge in [0.1, 0.15) is 0 Å². The second kappa shape index (κ2) is 8.53. The highest BCUT2D eigenvalue weighted by Crippen LogP contribution is 2.24. The SMILES string of the molecule is O=C(/C=C/c1cccc([N+](=O)[O-])c1)OC(c1ccccc1)c1ccccn1. The third-order valence-electron chi connectivity index (χ3n) is 3.79. The summed E-state index contributed by atoms with van der Waals surface area (Å²) >= 11 is 0. The van der Waals surface area contributed by atoms with E-state index in [0.29, 0.717) is 11.3 Å². The van der Waals surface area contributed by atoms with Crippen molar-refractivity contribution < 1.29 is 14.5 Å². The van der Waals surface area contributed by atoms with Gasteiger partial charge in [-0.1, -0.05) is 48.5 Å². The van der Waals surface area contributed by atoms with Crippen molar-refractivity contribution in [1.82, 2.24) is 4.98 Å². The lowest BCUT2D eigenvalue weighted by Gasteiger charge is -2.16. The molecule has 0 radical (unpaired) electrons. The predicted octanol–water partition coefficient (Wildman–Crippen LogP) is 4.34. The minimum Gasteiger partial charge on any atom is -0.448 e. The Labute approximate surface area is 155 Å². The van der Waals surface area contributed by atoms with Crippen molar-refractivity contribution in [3.05, 3.63) is 112 Å². The molecule has 0 fully saturated rings. The Morgan fingerprint density at radius 2 is 1.81 bits per heavy atom. The third-order valence-corrected chi connectivity index (χ3v) is 3.79. The minimum atomic E-state index is -0.644. The standard InChI is InChI=1S/C21H16N2O4/c24-20(13-12-16-7-6-10-18(15-16)23(25)26)27-21(17-8-2-1-3-9-17)19-11-4-5-14-22-19/h1-15,21H/b13-12+. The molecule has 0 aliphatic rings. The number of nitrogens with zero attached hydrogens (tertiary/aromatic N) is 2. The first-order valence-electron chi connectivity index (χ1n) is 8.22. The van der Waals surface area contributed by atoms with E-state index < -0.39 is 17.0 Å². The Hall–Kier alpha value is -3.80. The van der Waals surface area contributed by atoms with E-state index in [9.17, 15) is 14.9 Å². The molecule has 0 aliphatic carbocycles. The number of hydrogen-bond acceptors (Lipinski definition) is 5. The lowest BCUT2D eigenvalue weighted by atomic mass is 10.1. The number of ether oxygens (including phenoxy) is 1. The maximum atomic E-state index is 12.3. The maximum absolute atomic E-state index is 12.3. The van der Waals surface area contributed by atoms with Crippen LogP contribution in [0.3, 0.4) is 0 Å². The first-order chi connectivity index (χ1) is 13.1. The molecule has 27 heavy (non-hydrogen) atoms. The van der Waals surface area contributed by atoms with E-state index >= 15 is 0 Å². The number of benzene rings is 2. The molecule has 0 amide bonds. The molecule has 3 rings (SSSR count). The number of hydrogen-bond donors (Lipinski definition) is 0. The molecule has 0 spiro atoms. The molecule has 0 N–H and O–H groups in total. The van der Waals surface area contributed by atoms with Crippen LogP contribution in [0.4, 0.5) is 5.69 Å². The van der Waals surface area contributed by atoms with Gasteiger partial charge in [0.15, 0.2) is 6.10 Å². The van der Waals surface area contributed by atoms with Gasteiger partial charge in [-0.2, -0.15) is 0 Å². The van der Waals surface area contributed by atoms with Crippen LogP contribution in [0.2, 0.25) is 0 Å². The average Bonchev–Trinajstić information content (AvgIpc) is 2.72. The Kier molecular flexibility index (Phi) is 5.69. The molecule has 3 aromatic rings. The number of aromatic nitrogens is 1. The third kappa shape index (κ3) is 4.85. The van der Waals surface area contributed by atoms with Gasteiger partial charge in [0.25, 0.3) is 5.69 Å². The predicted molar refractivity (Wildman–Crippen MR) is 101 cm³/mol. The van der Waals surface area contributed by atoms with Gasteiger partial charge in [-0.25, -0.2) is 4.79 Å². The topological polar surface area (TPSA) is 82.3 Å². The molecular formula is C21H16N2O4. The smallest absolute Gasteiger partial charge is 0.331 e. The van der Waals surface area contributed by atoms with Crippen molar-refractivity contribution in [3.8, 4) is 0 Å². The minimum absolute atomic E-state index is 0.0406.